The summed E-state index contributed by atoms with van der Waals surface area (Å²) in [5.41, 5.74) is 2.31. The van der Waals surface area contributed by atoms with E-state index in [2.05, 4.69) is 15.0 Å². The Hall–Kier alpha value is -4.49. The molecule has 0 aliphatic rings. The fraction of sp³-hybridized carbons (Fsp3) is 0.174. The van der Waals surface area contributed by atoms with Gasteiger partial charge in [0.25, 0.3) is 11.8 Å². The number of aromatic nitrogens is 1. The van der Waals surface area contributed by atoms with Crippen molar-refractivity contribution in [3.63, 3.8) is 0 Å². The fourth-order valence-corrected chi connectivity index (χ4v) is 3.17. The molecule has 2 aromatic carbocycles. The summed E-state index contributed by atoms with van der Waals surface area (Å²) in [4.78, 5) is 28.2. The SMILES string of the molecule is [2H]C([2H])([2H])Oc1cc(OC(F)(F)F)ccc1Oc1ccc(C(F)(F)F)c(C)c1C(=O)Nc1ccnc(C(N)=O)c1. The van der Waals surface area contributed by atoms with Crippen LogP contribution in [0.2, 0.25) is 0 Å². The van der Waals surface area contributed by atoms with Crippen LogP contribution < -0.4 is 25.3 Å². The molecule has 3 aromatic rings. The van der Waals surface area contributed by atoms with E-state index in [0.717, 1.165) is 37.4 Å². The van der Waals surface area contributed by atoms with Crippen molar-refractivity contribution < 1.29 is 54.3 Å². The van der Waals surface area contributed by atoms with E-state index in [1.54, 1.807) is 0 Å². The Bertz CT molecular complexity index is 1450. The molecule has 3 rings (SSSR count). The normalized spacial score (nSPS) is 13.1. The molecule has 0 saturated heterocycles. The van der Waals surface area contributed by atoms with Gasteiger partial charge >= 0.3 is 12.5 Å². The quantitative estimate of drug-likeness (QED) is 0.391. The van der Waals surface area contributed by atoms with Crippen LogP contribution in [0.5, 0.6) is 23.0 Å². The highest BCUT2D eigenvalue weighted by Crippen LogP contribution is 2.41. The lowest BCUT2D eigenvalue weighted by molar-refractivity contribution is -0.274. The first-order chi connectivity index (χ1) is 18.3. The summed E-state index contributed by atoms with van der Waals surface area (Å²) in [7, 11) is -3.19. The average Bonchev–Trinajstić information content (AvgIpc) is 2.78. The van der Waals surface area contributed by atoms with Crippen molar-refractivity contribution in [1.82, 2.24) is 4.98 Å². The van der Waals surface area contributed by atoms with E-state index in [-0.39, 0.29) is 11.4 Å². The van der Waals surface area contributed by atoms with Crippen LogP contribution in [0.4, 0.5) is 32.0 Å². The van der Waals surface area contributed by atoms with E-state index in [9.17, 15) is 35.9 Å². The number of benzene rings is 2. The number of rotatable bonds is 7. The molecule has 37 heavy (non-hydrogen) atoms. The number of halogens is 6. The molecule has 196 valence electrons. The molecular weight excluding hydrogens is 512 g/mol. The molecule has 0 aliphatic carbocycles. The van der Waals surface area contributed by atoms with Gasteiger partial charge in [-0.05, 0) is 48.9 Å². The van der Waals surface area contributed by atoms with E-state index in [1.165, 1.54) is 6.07 Å². The van der Waals surface area contributed by atoms with E-state index in [0.29, 0.717) is 12.1 Å². The molecule has 0 spiro atoms. The Morgan fingerprint density at radius 2 is 1.70 bits per heavy atom. The largest absolute Gasteiger partial charge is 0.573 e. The standard InChI is InChI=1S/C23H17F6N3O5/c1-11-14(22(24,25)26)4-6-17(19(11)21(34)32-12-7-8-31-15(9-12)20(30)33)36-16-5-3-13(10-18(16)35-2)37-23(27,28)29/h3-10H,1-2H3,(H2,30,33)(H,31,32,34)/i2D3. The number of nitrogens with zero attached hydrogens (tertiary/aromatic N) is 1. The Morgan fingerprint density at radius 3 is 2.32 bits per heavy atom. The minimum Gasteiger partial charge on any atom is -0.493 e. The van der Waals surface area contributed by atoms with Crippen LogP contribution in [-0.4, -0.2) is 30.2 Å². The molecule has 1 aromatic heterocycles. The number of anilines is 1. The number of hydrogen-bond acceptors (Lipinski definition) is 6. The second-order valence-electron chi connectivity index (χ2n) is 7.22. The summed E-state index contributed by atoms with van der Waals surface area (Å²) < 4.78 is 115. The topological polar surface area (TPSA) is 113 Å². The third-order valence-corrected chi connectivity index (χ3v) is 4.71. The smallest absolute Gasteiger partial charge is 0.493 e. The van der Waals surface area contributed by atoms with Gasteiger partial charge in [0.05, 0.1) is 22.3 Å². The van der Waals surface area contributed by atoms with Crippen LogP contribution >= 0.6 is 0 Å². The lowest BCUT2D eigenvalue weighted by Crippen LogP contribution is -2.19. The number of hydrogen-bond donors (Lipinski definition) is 2. The van der Waals surface area contributed by atoms with Crippen LogP contribution in [-0.2, 0) is 6.18 Å². The van der Waals surface area contributed by atoms with E-state index >= 15 is 0 Å². The summed E-state index contributed by atoms with van der Waals surface area (Å²) in [6, 6.07) is 5.69. The number of nitrogens with one attached hydrogen (secondary N) is 1. The van der Waals surface area contributed by atoms with Gasteiger partial charge in [-0.25, -0.2) is 0 Å². The molecule has 0 radical (unpaired) electrons. The molecular formula is C23H17F6N3O5. The first-order valence-corrected chi connectivity index (χ1v) is 9.89. The molecule has 2 amide bonds. The molecule has 14 heteroatoms. The van der Waals surface area contributed by atoms with Gasteiger partial charge in [0.1, 0.15) is 17.2 Å². The third kappa shape index (κ3) is 6.59. The molecule has 0 saturated carbocycles. The second kappa shape index (κ2) is 10.2. The zero-order valence-electron chi connectivity index (χ0n) is 21.5. The van der Waals surface area contributed by atoms with E-state index in [4.69, 9.17) is 19.3 Å². The number of pyridine rings is 1. The lowest BCUT2D eigenvalue weighted by Gasteiger charge is -2.19. The Morgan fingerprint density at radius 1 is 1.00 bits per heavy atom. The maximum absolute atomic E-state index is 13.6. The third-order valence-electron chi connectivity index (χ3n) is 4.71. The fourth-order valence-electron chi connectivity index (χ4n) is 3.17. The summed E-state index contributed by atoms with van der Waals surface area (Å²) in [5, 5.41) is 2.29. The van der Waals surface area contributed by atoms with Gasteiger partial charge in [-0.1, -0.05) is 0 Å². The Labute approximate surface area is 209 Å². The van der Waals surface area contributed by atoms with Crippen LogP contribution in [0.15, 0.2) is 48.7 Å². The Kier molecular flexibility index (Phi) is 6.35. The van der Waals surface area contributed by atoms with Gasteiger partial charge in [0.15, 0.2) is 11.5 Å². The van der Waals surface area contributed by atoms with Gasteiger partial charge < -0.3 is 25.3 Å². The number of alkyl halides is 6. The summed E-state index contributed by atoms with van der Waals surface area (Å²) in [6.07, 6.45) is -8.94. The predicted molar refractivity (Wildman–Crippen MR) is 117 cm³/mol. The minimum absolute atomic E-state index is 0.0726. The highest BCUT2D eigenvalue weighted by Gasteiger charge is 2.35. The number of methoxy groups -OCH3 is 1. The minimum atomic E-state index is -5.14. The maximum Gasteiger partial charge on any atom is 0.573 e. The number of carbonyl (C=O) groups excluding carboxylic acids is 2. The molecule has 8 nitrogen and oxygen atoms in total. The van der Waals surface area contributed by atoms with Crippen LogP contribution in [0.3, 0.4) is 0 Å². The first-order valence-electron chi connectivity index (χ1n) is 11.4. The number of ether oxygens (including phenoxy) is 3. The summed E-state index contributed by atoms with van der Waals surface area (Å²) >= 11 is 0. The van der Waals surface area contributed by atoms with E-state index < -0.39 is 71.1 Å². The van der Waals surface area contributed by atoms with Gasteiger partial charge in [0, 0.05) is 18.0 Å². The Balaban J connectivity index is 2.11. The molecule has 0 aliphatic heterocycles. The van der Waals surface area contributed by atoms with Crippen LogP contribution in [0, 0.1) is 6.92 Å². The van der Waals surface area contributed by atoms with Crippen molar-refractivity contribution >= 4 is 17.5 Å². The number of primary amides is 1. The number of carbonyl (C=O) groups is 2. The number of nitrogens with two attached hydrogens (primary N) is 1. The zero-order chi connectivity index (χ0) is 30.0. The summed E-state index contributed by atoms with van der Waals surface area (Å²) in [5.74, 6) is -4.91. The molecule has 3 N–H and O–H groups in total. The van der Waals surface area contributed by atoms with Crippen LogP contribution in [0.1, 0.15) is 36.1 Å². The molecule has 0 atom stereocenters. The van der Waals surface area contributed by atoms with Crippen molar-refractivity contribution in [3.05, 3.63) is 71.0 Å². The van der Waals surface area contributed by atoms with Gasteiger partial charge in [-0.15, -0.1) is 13.2 Å². The highest BCUT2D eigenvalue weighted by atomic mass is 19.4. The van der Waals surface area contributed by atoms with Crippen molar-refractivity contribution in [2.75, 3.05) is 12.4 Å². The van der Waals surface area contributed by atoms with Gasteiger partial charge in [0.2, 0.25) is 0 Å². The van der Waals surface area contributed by atoms with Crippen molar-refractivity contribution in [1.29, 1.82) is 0 Å². The van der Waals surface area contributed by atoms with Crippen LogP contribution in [0.25, 0.3) is 0 Å². The molecule has 1 heterocycles. The van der Waals surface area contributed by atoms with Crippen molar-refractivity contribution in [3.8, 4) is 23.0 Å². The highest BCUT2D eigenvalue weighted by molar-refractivity contribution is 6.08. The lowest BCUT2D eigenvalue weighted by atomic mass is 10.00. The van der Waals surface area contributed by atoms with Crippen molar-refractivity contribution in [2.24, 2.45) is 5.73 Å². The molecule has 0 bridgehead atoms. The molecule has 0 fully saturated rings. The van der Waals surface area contributed by atoms with Gasteiger partial charge in [-0.2, -0.15) is 13.2 Å². The number of amides is 2. The summed E-state index contributed by atoms with van der Waals surface area (Å²) in [6.45, 7) is 0.964. The second-order valence-corrected chi connectivity index (χ2v) is 7.22. The zero-order valence-corrected chi connectivity index (χ0v) is 18.5. The predicted octanol–water partition coefficient (Wildman–Crippen LogP) is 5.46. The van der Waals surface area contributed by atoms with Gasteiger partial charge in [-0.3, -0.25) is 14.6 Å². The molecule has 0 unspecified atom stereocenters. The monoisotopic (exact) mass is 532 g/mol. The van der Waals surface area contributed by atoms with E-state index in [1.807, 2.05) is 0 Å². The van der Waals surface area contributed by atoms with Crippen molar-refractivity contribution in [2.45, 2.75) is 19.5 Å². The average molecular weight is 532 g/mol. The maximum atomic E-state index is 13.6. The first kappa shape index (κ1) is 22.9.